The highest BCUT2D eigenvalue weighted by atomic mass is 16.1. The maximum Gasteiger partial charge on any atom is 0.159 e. The van der Waals surface area contributed by atoms with Gasteiger partial charge in [-0.15, -0.1) is 0 Å². The second-order valence-electron chi connectivity index (χ2n) is 3.03. The second kappa shape index (κ2) is 3.86. The summed E-state index contributed by atoms with van der Waals surface area (Å²) in [5.74, 6) is -0.119. The third kappa shape index (κ3) is 2.16. The molecule has 1 aromatic carbocycles. The zero-order chi connectivity index (χ0) is 9.84. The molecule has 0 aliphatic rings. The fourth-order valence-electron chi connectivity index (χ4n) is 1.10. The molecule has 0 spiro atoms. The van der Waals surface area contributed by atoms with Crippen molar-refractivity contribution in [1.82, 2.24) is 0 Å². The lowest BCUT2D eigenvalue weighted by atomic mass is 9.99. The van der Waals surface area contributed by atoms with Gasteiger partial charge in [0.25, 0.3) is 0 Å². The molecule has 0 aromatic heterocycles. The van der Waals surface area contributed by atoms with Crippen LogP contribution in [0.25, 0.3) is 0 Å². The third-order valence-corrected chi connectivity index (χ3v) is 1.99. The molecule has 66 valence electrons. The maximum absolute atomic E-state index is 11.0. The Morgan fingerprint density at radius 3 is 2.77 bits per heavy atom. The summed E-state index contributed by atoms with van der Waals surface area (Å²) in [5.41, 5.74) is 1.56. The van der Waals surface area contributed by atoms with Crippen molar-refractivity contribution in [1.29, 1.82) is 5.26 Å². The summed E-state index contributed by atoms with van der Waals surface area (Å²) in [6.45, 7) is 3.34. The SMILES string of the molecule is CC(=O)c1cccc([C@H](C)C#N)c1. The van der Waals surface area contributed by atoms with E-state index < -0.39 is 0 Å². The van der Waals surface area contributed by atoms with Gasteiger partial charge in [0.05, 0.1) is 12.0 Å². The summed E-state index contributed by atoms with van der Waals surface area (Å²) < 4.78 is 0. The monoisotopic (exact) mass is 173 g/mol. The molecule has 0 saturated carbocycles. The number of ketones is 1. The molecule has 0 radical (unpaired) electrons. The van der Waals surface area contributed by atoms with Crippen molar-refractivity contribution in [2.75, 3.05) is 0 Å². The topological polar surface area (TPSA) is 40.9 Å². The van der Waals surface area contributed by atoms with Gasteiger partial charge in [0.1, 0.15) is 0 Å². The van der Waals surface area contributed by atoms with Crippen LogP contribution in [0.5, 0.6) is 0 Å². The number of nitrogens with zero attached hydrogens (tertiary/aromatic N) is 1. The molecule has 0 N–H and O–H groups in total. The van der Waals surface area contributed by atoms with E-state index in [1.807, 2.05) is 13.0 Å². The summed E-state index contributed by atoms with van der Waals surface area (Å²) in [5, 5.41) is 8.68. The van der Waals surface area contributed by atoms with Gasteiger partial charge in [0, 0.05) is 5.56 Å². The van der Waals surface area contributed by atoms with Crippen LogP contribution in [0.4, 0.5) is 0 Å². The van der Waals surface area contributed by atoms with E-state index in [1.165, 1.54) is 6.92 Å². The largest absolute Gasteiger partial charge is 0.295 e. The zero-order valence-electron chi connectivity index (χ0n) is 7.74. The van der Waals surface area contributed by atoms with Crippen LogP contribution in [-0.4, -0.2) is 5.78 Å². The number of Topliss-reactive ketones (excluding diaryl/α,β-unsaturated/α-hetero) is 1. The van der Waals surface area contributed by atoms with Gasteiger partial charge in [-0.25, -0.2) is 0 Å². The average molecular weight is 173 g/mol. The lowest BCUT2D eigenvalue weighted by Crippen LogP contribution is -1.95. The van der Waals surface area contributed by atoms with Crippen molar-refractivity contribution >= 4 is 5.78 Å². The highest BCUT2D eigenvalue weighted by Gasteiger charge is 2.05. The molecule has 0 aliphatic heterocycles. The number of hydrogen-bond donors (Lipinski definition) is 0. The van der Waals surface area contributed by atoms with Gasteiger partial charge in [-0.05, 0) is 25.5 Å². The Morgan fingerprint density at radius 2 is 2.23 bits per heavy atom. The molecule has 1 aromatic rings. The van der Waals surface area contributed by atoms with Crippen LogP contribution in [0, 0.1) is 11.3 Å². The number of nitriles is 1. The van der Waals surface area contributed by atoms with Crippen LogP contribution >= 0.6 is 0 Å². The molecule has 0 saturated heterocycles. The van der Waals surface area contributed by atoms with E-state index in [0.29, 0.717) is 5.56 Å². The summed E-state index contributed by atoms with van der Waals surface area (Å²) in [6.07, 6.45) is 0. The molecule has 13 heavy (non-hydrogen) atoms. The molecule has 0 fully saturated rings. The molecular formula is C11H11NO. The zero-order valence-corrected chi connectivity index (χ0v) is 7.74. The van der Waals surface area contributed by atoms with Crippen molar-refractivity contribution in [2.24, 2.45) is 0 Å². The van der Waals surface area contributed by atoms with E-state index in [-0.39, 0.29) is 11.7 Å². The van der Waals surface area contributed by atoms with Crippen LogP contribution in [0.15, 0.2) is 24.3 Å². The second-order valence-corrected chi connectivity index (χ2v) is 3.03. The predicted molar refractivity (Wildman–Crippen MR) is 50.5 cm³/mol. The molecule has 0 bridgehead atoms. The molecule has 1 atom stereocenters. The van der Waals surface area contributed by atoms with Crippen LogP contribution in [0.1, 0.15) is 35.7 Å². The molecule has 0 unspecified atom stereocenters. The Kier molecular flexibility index (Phi) is 2.81. The minimum atomic E-state index is -0.153. The fourth-order valence-corrected chi connectivity index (χ4v) is 1.10. The first-order valence-corrected chi connectivity index (χ1v) is 4.15. The first-order chi connectivity index (χ1) is 6.15. The summed E-state index contributed by atoms with van der Waals surface area (Å²) in [7, 11) is 0. The van der Waals surface area contributed by atoms with Crippen molar-refractivity contribution < 1.29 is 4.79 Å². The maximum atomic E-state index is 11.0. The standard InChI is InChI=1S/C11H11NO/c1-8(7-12)10-4-3-5-11(6-10)9(2)13/h3-6,8H,1-2H3/t8-/m1/s1. The van der Waals surface area contributed by atoms with Gasteiger partial charge >= 0.3 is 0 Å². The van der Waals surface area contributed by atoms with E-state index in [4.69, 9.17) is 5.26 Å². The normalized spacial score (nSPS) is 11.8. The third-order valence-electron chi connectivity index (χ3n) is 1.99. The van der Waals surface area contributed by atoms with E-state index in [1.54, 1.807) is 18.2 Å². The highest BCUT2D eigenvalue weighted by molar-refractivity contribution is 5.94. The Hall–Kier alpha value is -1.62. The predicted octanol–water partition coefficient (Wildman–Crippen LogP) is 2.52. The summed E-state index contributed by atoms with van der Waals surface area (Å²) >= 11 is 0. The van der Waals surface area contributed by atoms with Crippen molar-refractivity contribution in [3.05, 3.63) is 35.4 Å². The quantitative estimate of drug-likeness (QED) is 0.645. The number of benzene rings is 1. The van der Waals surface area contributed by atoms with Crippen molar-refractivity contribution in [3.8, 4) is 6.07 Å². The Balaban J connectivity index is 3.07. The van der Waals surface area contributed by atoms with E-state index in [9.17, 15) is 4.79 Å². The number of carbonyl (C=O) groups is 1. The molecule has 2 nitrogen and oxygen atoms in total. The molecule has 0 aliphatic carbocycles. The van der Waals surface area contributed by atoms with E-state index >= 15 is 0 Å². The van der Waals surface area contributed by atoms with Crippen LogP contribution in [-0.2, 0) is 0 Å². The van der Waals surface area contributed by atoms with Gasteiger partial charge in [-0.2, -0.15) is 5.26 Å². The summed E-state index contributed by atoms with van der Waals surface area (Å²) in [6, 6.07) is 9.34. The number of carbonyl (C=O) groups excluding carboxylic acids is 1. The van der Waals surface area contributed by atoms with Crippen molar-refractivity contribution in [3.63, 3.8) is 0 Å². The van der Waals surface area contributed by atoms with Crippen molar-refractivity contribution in [2.45, 2.75) is 19.8 Å². The van der Waals surface area contributed by atoms with Crippen LogP contribution in [0.2, 0.25) is 0 Å². The first-order valence-electron chi connectivity index (χ1n) is 4.15. The minimum Gasteiger partial charge on any atom is -0.295 e. The highest BCUT2D eigenvalue weighted by Crippen LogP contribution is 2.15. The van der Waals surface area contributed by atoms with Gasteiger partial charge in [-0.3, -0.25) is 4.79 Å². The number of hydrogen-bond acceptors (Lipinski definition) is 2. The molecular weight excluding hydrogens is 162 g/mol. The average Bonchev–Trinajstić information content (AvgIpc) is 2.17. The minimum absolute atomic E-state index is 0.0342. The number of rotatable bonds is 2. The van der Waals surface area contributed by atoms with Gasteiger partial charge in [0.15, 0.2) is 5.78 Å². The van der Waals surface area contributed by atoms with Crippen LogP contribution < -0.4 is 0 Å². The van der Waals surface area contributed by atoms with Gasteiger partial charge in [-0.1, -0.05) is 18.2 Å². The Morgan fingerprint density at radius 1 is 1.54 bits per heavy atom. The lowest BCUT2D eigenvalue weighted by Gasteiger charge is -2.03. The first kappa shape index (κ1) is 9.47. The Bertz CT molecular complexity index is 363. The lowest BCUT2D eigenvalue weighted by molar-refractivity contribution is 0.101. The molecule has 0 heterocycles. The van der Waals surface area contributed by atoms with E-state index in [2.05, 4.69) is 6.07 Å². The fraction of sp³-hybridized carbons (Fsp3) is 0.273. The van der Waals surface area contributed by atoms with Gasteiger partial charge < -0.3 is 0 Å². The van der Waals surface area contributed by atoms with E-state index in [0.717, 1.165) is 5.56 Å². The molecule has 2 heteroatoms. The van der Waals surface area contributed by atoms with Gasteiger partial charge in [0.2, 0.25) is 0 Å². The smallest absolute Gasteiger partial charge is 0.159 e. The van der Waals surface area contributed by atoms with Crippen LogP contribution in [0.3, 0.4) is 0 Å². The molecule has 0 amide bonds. The molecule has 1 rings (SSSR count). The Labute approximate surface area is 77.8 Å². The summed E-state index contributed by atoms with van der Waals surface area (Å²) in [4.78, 5) is 11.0.